The lowest BCUT2D eigenvalue weighted by atomic mass is 9.89. The van der Waals surface area contributed by atoms with Crippen LogP contribution >= 0.6 is 0 Å². The van der Waals surface area contributed by atoms with Gasteiger partial charge in [0.2, 0.25) is 0 Å². The zero-order valence-corrected chi connectivity index (χ0v) is 13.5. The number of piperidine rings is 2. The molecule has 0 amide bonds. The van der Waals surface area contributed by atoms with E-state index >= 15 is 0 Å². The summed E-state index contributed by atoms with van der Waals surface area (Å²) in [6.45, 7) is 8.48. The fourth-order valence-electron chi connectivity index (χ4n) is 3.83. The average Bonchev–Trinajstić information content (AvgIpc) is 2.51. The van der Waals surface area contributed by atoms with Crippen molar-refractivity contribution in [1.29, 1.82) is 0 Å². The number of aromatic nitrogens is 2. The molecule has 2 aliphatic rings. The maximum atomic E-state index is 4.52. The van der Waals surface area contributed by atoms with Gasteiger partial charge in [0.1, 0.15) is 6.33 Å². The quantitative estimate of drug-likeness (QED) is 0.854. The molecule has 0 aromatic carbocycles. The molecule has 0 spiro atoms. The molecule has 2 saturated heterocycles. The summed E-state index contributed by atoms with van der Waals surface area (Å²) in [5.74, 6) is 1.56. The Hall–Kier alpha value is -1.00. The van der Waals surface area contributed by atoms with E-state index in [1.54, 1.807) is 6.33 Å². The summed E-state index contributed by atoms with van der Waals surface area (Å²) in [5.41, 5.74) is 2.54. The molecule has 2 fully saturated rings. The Morgan fingerprint density at radius 2 is 1.81 bits per heavy atom. The fourth-order valence-corrected chi connectivity index (χ4v) is 3.83. The number of rotatable bonds is 3. The predicted octanol–water partition coefficient (Wildman–Crippen LogP) is 2.31. The lowest BCUT2D eigenvalue weighted by molar-refractivity contribution is 0.138. The molecular weight excluding hydrogens is 260 g/mol. The first-order valence-corrected chi connectivity index (χ1v) is 8.40. The van der Waals surface area contributed by atoms with Crippen molar-refractivity contribution < 1.29 is 0 Å². The lowest BCUT2D eigenvalue weighted by Crippen LogP contribution is -2.40. The number of likely N-dealkylation sites (tertiary alicyclic amines) is 2. The number of hydrogen-bond donors (Lipinski definition) is 0. The van der Waals surface area contributed by atoms with E-state index in [4.69, 9.17) is 0 Å². The van der Waals surface area contributed by atoms with E-state index in [0.29, 0.717) is 5.92 Å². The summed E-state index contributed by atoms with van der Waals surface area (Å²) in [5, 5.41) is 0. The van der Waals surface area contributed by atoms with Crippen LogP contribution in [0.2, 0.25) is 0 Å². The van der Waals surface area contributed by atoms with E-state index in [0.717, 1.165) is 5.92 Å². The predicted molar refractivity (Wildman–Crippen MR) is 85.4 cm³/mol. The van der Waals surface area contributed by atoms with Gasteiger partial charge in [-0.1, -0.05) is 0 Å². The molecule has 4 heteroatoms. The molecule has 4 nitrogen and oxygen atoms in total. The van der Waals surface area contributed by atoms with Crippen LogP contribution in [-0.4, -0.2) is 59.5 Å². The van der Waals surface area contributed by atoms with Crippen molar-refractivity contribution in [3.05, 3.63) is 23.8 Å². The summed E-state index contributed by atoms with van der Waals surface area (Å²) < 4.78 is 0. The van der Waals surface area contributed by atoms with Gasteiger partial charge in [-0.25, -0.2) is 9.97 Å². The van der Waals surface area contributed by atoms with E-state index in [1.807, 2.05) is 6.20 Å². The third-order valence-corrected chi connectivity index (χ3v) is 5.26. The first-order valence-electron chi connectivity index (χ1n) is 8.40. The maximum Gasteiger partial charge on any atom is 0.115 e. The molecule has 0 N–H and O–H groups in total. The summed E-state index contributed by atoms with van der Waals surface area (Å²) in [7, 11) is 2.24. The zero-order valence-electron chi connectivity index (χ0n) is 13.5. The van der Waals surface area contributed by atoms with Gasteiger partial charge in [0.25, 0.3) is 0 Å². The number of nitrogens with zero attached hydrogens (tertiary/aromatic N) is 4. The van der Waals surface area contributed by atoms with Crippen molar-refractivity contribution in [2.75, 3.05) is 39.8 Å². The van der Waals surface area contributed by atoms with Crippen molar-refractivity contribution in [1.82, 2.24) is 19.8 Å². The Bertz CT molecular complexity index is 446. The lowest BCUT2D eigenvalue weighted by Gasteiger charge is -2.36. The molecule has 3 rings (SSSR count). The third kappa shape index (κ3) is 3.80. The van der Waals surface area contributed by atoms with Gasteiger partial charge in [0.05, 0.1) is 0 Å². The van der Waals surface area contributed by atoms with Gasteiger partial charge in [-0.05, 0) is 77.3 Å². The smallest absolute Gasteiger partial charge is 0.115 e. The highest BCUT2D eigenvalue weighted by molar-refractivity contribution is 5.18. The summed E-state index contributed by atoms with van der Waals surface area (Å²) >= 11 is 0. The first-order chi connectivity index (χ1) is 10.2. The molecule has 0 unspecified atom stereocenters. The molecule has 0 bridgehead atoms. The van der Waals surface area contributed by atoms with Crippen LogP contribution < -0.4 is 0 Å². The maximum absolute atomic E-state index is 4.52. The minimum absolute atomic E-state index is 0.640. The average molecular weight is 288 g/mol. The molecule has 1 aromatic rings. The Morgan fingerprint density at radius 1 is 1.10 bits per heavy atom. The van der Waals surface area contributed by atoms with Crippen LogP contribution in [0.4, 0.5) is 0 Å². The minimum Gasteiger partial charge on any atom is -0.306 e. The van der Waals surface area contributed by atoms with Crippen LogP contribution in [0.15, 0.2) is 12.5 Å². The van der Waals surface area contributed by atoms with Crippen LogP contribution in [-0.2, 0) is 0 Å². The molecule has 116 valence electrons. The molecule has 3 heterocycles. The summed E-state index contributed by atoms with van der Waals surface area (Å²) in [6, 6.07) is 0. The van der Waals surface area contributed by atoms with Gasteiger partial charge >= 0.3 is 0 Å². The van der Waals surface area contributed by atoms with Crippen molar-refractivity contribution in [3.63, 3.8) is 0 Å². The largest absolute Gasteiger partial charge is 0.306 e. The van der Waals surface area contributed by atoms with E-state index in [2.05, 4.69) is 33.7 Å². The molecule has 0 aliphatic carbocycles. The van der Waals surface area contributed by atoms with Crippen LogP contribution in [0.1, 0.15) is 42.9 Å². The van der Waals surface area contributed by atoms with Gasteiger partial charge in [0.15, 0.2) is 0 Å². The van der Waals surface area contributed by atoms with Crippen molar-refractivity contribution in [2.24, 2.45) is 5.92 Å². The third-order valence-electron chi connectivity index (χ3n) is 5.26. The number of hydrogen-bond acceptors (Lipinski definition) is 4. The normalized spacial score (nSPS) is 23.5. The highest BCUT2D eigenvalue weighted by atomic mass is 15.1. The molecule has 2 aliphatic heterocycles. The Kier molecular flexibility index (Phi) is 4.86. The fraction of sp³-hybridized carbons (Fsp3) is 0.765. The second-order valence-corrected chi connectivity index (χ2v) is 6.91. The standard InChI is InChI=1S/C17H28N4/c1-14-11-18-13-19-17(14)16-5-9-21(10-6-16)12-15-3-7-20(2)8-4-15/h11,13,15-16H,3-10,12H2,1-2H3. The minimum atomic E-state index is 0.640. The van der Waals surface area contributed by atoms with Gasteiger partial charge in [-0.2, -0.15) is 0 Å². The van der Waals surface area contributed by atoms with Gasteiger partial charge in [-0.15, -0.1) is 0 Å². The molecule has 0 saturated carbocycles. The molecular formula is C17H28N4. The summed E-state index contributed by atoms with van der Waals surface area (Å²) in [6.07, 6.45) is 8.91. The molecule has 0 radical (unpaired) electrons. The van der Waals surface area contributed by atoms with Crippen LogP contribution in [0.5, 0.6) is 0 Å². The van der Waals surface area contributed by atoms with E-state index < -0.39 is 0 Å². The molecule has 1 aromatic heterocycles. The Morgan fingerprint density at radius 3 is 2.48 bits per heavy atom. The van der Waals surface area contributed by atoms with Gasteiger partial charge in [0, 0.05) is 24.4 Å². The van der Waals surface area contributed by atoms with Gasteiger partial charge in [-0.3, -0.25) is 0 Å². The van der Waals surface area contributed by atoms with Crippen molar-refractivity contribution in [3.8, 4) is 0 Å². The monoisotopic (exact) mass is 288 g/mol. The van der Waals surface area contributed by atoms with Crippen LogP contribution in [0.3, 0.4) is 0 Å². The summed E-state index contributed by atoms with van der Waals surface area (Å²) in [4.78, 5) is 13.8. The highest BCUT2D eigenvalue weighted by Gasteiger charge is 2.25. The SMILES string of the molecule is Cc1cncnc1C1CCN(CC2CCN(C)CC2)CC1. The second-order valence-electron chi connectivity index (χ2n) is 6.91. The second kappa shape index (κ2) is 6.84. The van der Waals surface area contributed by atoms with Crippen LogP contribution in [0, 0.1) is 12.8 Å². The number of aryl methyl sites for hydroxylation is 1. The topological polar surface area (TPSA) is 32.3 Å². The molecule has 21 heavy (non-hydrogen) atoms. The van der Waals surface area contributed by atoms with E-state index in [1.165, 1.54) is 69.7 Å². The van der Waals surface area contributed by atoms with E-state index in [9.17, 15) is 0 Å². The molecule has 0 atom stereocenters. The van der Waals surface area contributed by atoms with Crippen LogP contribution in [0.25, 0.3) is 0 Å². The highest BCUT2D eigenvalue weighted by Crippen LogP contribution is 2.29. The van der Waals surface area contributed by atoms with Gasteiger partial charge < -0.3 is 9.80 Å². The Labute approximate surface area is 128 Å². The van der Waals surface area contributed by atoms with Crippen molar-refractivity contribution in [2.45, 2.75) is 38.5 Å². The van der Waals surface area contributed by atoms with E-state index in [-0.39, 0.29) is 0 Å². The Balaban J connectivity index is 1.48. The zero-order chi connectivity index (χ0) is 14.7. The van der Waals surface area contributed by atoms with Crippen molar-refractivity contribution >= 4 is 0 Å². The first kappa shape index (κ1) is 14.9.